The number of hydrogen-bond donors (Lipinski definition) is 2. The van der Waals surface area contributed by atoms with E-state index in [9.17, 15) is 9.18 Å². The van der Waals surface area contributed by atoms with Gasteiger partial charge in [-0.05, 0) is 29.8 Å². The van der Waals surface area contributed by atoms with Gasteiger partial charge in [0.15, 0.2) is 5.82 Å². The minimum Gasteiger partial charge on any atom is -0.326 e. The predicted molar refractivity (Wildman–Crippen MR) is 92.1 cm³/mol. The van der Waals surface area contributed by atoms with Gasteiger partial charge in [-0.2, -0.15) is 0 Å². The molecule has 1 amide bonds. The highest BCUT2D eigenvalue weighted by molar-refractivity contribution is 7.98. The van der Waals surface area contributed by atoms with E-state index in [1.165, 1.54) is 30.8 Å². The maximum Gasteiger partial charge on any atom is 0.221 e. The van der Waals surface area contributed by atoms with Crippen LogP contribution in [0.25, 0.3) is 11.4 Å². The average Bonchev–Trinajstić information content (AvgIpc) is 3.03. The fraction of sp³-hybridized carbons (Fsp3) is 0.118. The molecule has 3 aromatic rings. The molecule has 0 atom stereocenters. The summed E-state index contributed by atoms with van der Waals surface area (Å²) < 4.78 is 12.9. The molecule has 0 aliphatic heterocycles. The summed E-state index contributed by atoms with van der Waals surface area (Å²) in [5.41, 5.74) is 2.54. The molecule has 24 heavy (non-hydrogen) atoms. The van der Waals surface area contributed by atoms with Gasteiger partial charge in [-0.25, -0.2) is 9.37 Å². The standard InChI is InChI=1S/C17H15FN4OS/c1-11(23)19-15-4-2-3-13(9-15)16-20-17(22-21-16)24-10-12-5-7-14(18)8-6-12/h2-9H,10H2,1H3,(H,19,23)(H,20,21,22). The van der Waals surface area contributed by atoms with Crippen molar-refractivity contribution in [3.63, 3.8) is 0 Å². The van der Waals surface area contributed by atoms with Gasteiger partial charge in [0.2, 0.25) is 11.1 Å². The Hall–Kier alpha value is -2.67. The average molecular weight is 342 g/mol. The van der Waals surface area contributed by atoms with Crippen molar-refractivity contribution in [1.82, 2.24) is 15.2 Å². The Kier molecular flexibility index (Phi) is 4.90. The zero-order valence-corrected chi connectivity index (χ0v) is 13.7. The van der Waals surface area contributed by atoms with Gasteiger partial charge < -0.3 is 5.32 Å². The molecule has 2 N–H and O–H groups in total. The van der Waals surface area contributed by atoms with E-state index in [-0.39, 0.29) is 11.7 Å². The first-order valence-electron chi connectivity index (χ1n) is 7.28. The Labute approximate surface area is 142 Å². The lowest BCUT2D eigenvalue weighted by Crippen LogP contribution is -2.05. The number of carbonyl (C=O) groups is 1. The van der Waals surface area contributed by atoms with Crippen molar-refractivity contribution in [3.8, 4) is 11.4 Å². The molecule has 122 valence electrons. The second kappa shape index (κ2) is 7.27. The summed E-state index contributed by atoms with van der Waals surface area (Å²) in [4.78, 5) is 15.6. The molecule has 1 heterocycles. The number of amides is 1. The summed E-state index contributed by atoms with van der Waals surface area (Å²) in [5, 5.41) is 10.4. The number of benzene rings is 2. The van der Waals surface area contributed by atoms with Gasteiger partial charge in [0.05, 0.1) is 0 Å². The van der Waals surface area contributed by atoms with Crippen LogP contribution in [0.15, 0.2) is 53.7 Å². The zero-order chi connectivity index (χ0) is 16.9. The van der Waals surface area contributed by atoms with Crippen LogP contribution in [0.4, 0.5) is 10.1 Å². The number of thioether (sulfide) groups is 1. The SMILES string of the molecule is CC(=O)Nc1cccc(-c2nc(SCc3ccc(F)cc3)n[nH]2)c1. The minimum atomic E-state index is -0.247. The van der Waals surface area contributed by atoms with Crippen LogP contribution in [-0.4, -0.2) is 21.1 Å². The van der Waals surface area contributed by atoms with Crippen LogP contribution in [0.5, 0.6) is 0 Å². The fourth-order valence-corrected chi connectivity index (χ4v) is 2.87. The molecule has 0 aliphatic rings. The van der Waals surface area contributed by atoms with Crippen molar-refractivity contribution >= 4 is 23.4 Å². The quantitative estimate of drug-likeness (QED) is 0.691. The van der Waals surface area contributed by atoms with Gasteiger partial charge in [-0.15, -0.1) is 5.10 Å². The predicted octanol–water partition coefficient (Wildman–Crippen LogP) is 3.86. The number of aromatic amines is 1. The molecule has 0 saturated heterocycles. The first kappa shape index (κ1) is 16.2. The Morgan fingerprint density at radius 3 is 2.79 bits per heavy atom. The van der Waals surface area contributed by atoms with Crippen LogP contribution in [-0.2, 0) is 10.5 Å². The molecular weight excluding hydrogens is 327 g/mol. The first-order valence-corrected chi connectivity index (χ1v) is 8.26. The fourth-order valence-electron chi connectivity index (χ4n) is 2.12. The van der Waals surface area contributed by atoms with Crippen molar-refractivity contribution in [2.75, 3.05) is 5.32 Å². The van der Waals surface area contributed by atoms with Crippen LogP contribution in [0.3, 0.4) is 0 Å². The Morgan fingerprint density at radius 2 is 2.04 bits per heavy atom. The summed E-state index contributed by atoms with van der Waals surface area (Å²) in [7, 11) is 0. The van der Waals surface area contributed by atoms with E-state index < -0.39 is 0 Å². The van der Waals surface area contributed by atoms with Crippen LogP contribution in [0, 0.1) is 5.82 Å². The number of aromatic nitrogens is 3. The molecule has 0 radical (unpaired) electrons. The van der Waals surface area contributed by atoms with Crippen LogP contribution in [0.2, 0.25) is 0 Å². The molecule has 2 aromatic carbocycles. The van der Waals surface area contributed by atoms with E-state index in [4.69, 9.17) is 0 Å². The van der Waals surface area contributed by atoms with Gasteiger partial charge in [-0.1, -0.05) is 36.0 Å². The van der Waals surface area contributed by atoms with E-state index in [1.54, 1.807) is 12.1 Å². The topological polar surface area (TPSA) is 70.7 Å². The van der Waals surface area contributed by atoms with Crippen molar-refractivity contribution < 1.29 is 9.18 Å². The van der Waals surface area contributed by atoms with Crippen molar-refractivity contribution in [2.24, 2.45) is 0 Å². The van der Waals surface area contributed by atoms with E-state index in [0.29, 0.717) is 22.4 Å². The number of carbonyl (C=O) groups excluding carboxylic acids is 1. The molecule has 0 bridgehead atoms. The number of anilines is 1. The summed E-state index contributed by atoms with van der Waals surface area (Å²) in [5.74, 6) is 0.913. The monoisotopic (exact) mass is 342 g/mol. The Morgan fingerprint density at radius 1 is 1.25 bits per heavy atom. The molecule has 0 aliphatic carbocycles. The minimum absolute atomic E-state index is 0.125. The molecule has 0 spiro atoms. The third kappa shape index (κ3) is 4.20. The highest BCUT2D eigenvalue weighted by Gasteiger charge is 2.08. The number of rotatable bonds is 5. The number of halogens is 1. The van der Waals surface area contributed by atoms with Crippen LogP contribution < -0.4 is 5.32 Å². The number of hydrogen-bond acceptors (Lipinski definition) is 4. The lowest BCUT2D eigenvalue weighted by Gasteiger charge is -2.03. The van der Waals surface area contributed by atoms with E-state index >= 15 is 0 Å². The normalized spacial score (nSPS) is 10.6. The van der Waals surface area contributed by atoms with Crippen molar-refractivity contribution in [1.29, 1.82) is 0 Å². The number of nitrogens with one attached hydrogen (secondary N) is 2. The van der Waals surface area contributed by atoms with Gasteiger partial charge in [0, 0.05) is 23.9 Å². The van der Waals surface area contributed by atoms with Gasteiger partial charge in [0.1, 0.15) is 5.82 Å². The number of nitrogens with zero attached hydrogens (tertiary/aromatic N) is 2. The van der Waals surface area contributed by atoms with Crippen molar-refractivity contribution in [3.05, 3.63) is 59.9 Å². The summed E-state index contributed by atoms with van der Waals surface area (Å²) in [6.07, 6.45) is 0. The molecule has 1 aromatic heterocycles. The first-order chi connectivity index (χ1) is 11.6. The smallest absolute Gasteiger partial charge is 0.221 e. The van der Waals surface area contributed by atoms with E-state index in [2.05, 4.69) is 20.5 Å². The summed E-state index contributed by atoms with van der Waals surface area (Å²) >= 11 is 1.46. The van der Waals surface area contributed by atoms with Gasteiger partial charge in [0.25, 0.3) is 0 Å². The molecule has 7 heteroatoms. The lowest BCUT2D eigenvalue weighted by atomic mass is 10.2. The third-order valence-electron chi connectivity index (χ3n) is 3.20. The van der Waals surface area contributed by atoms with Crippen LogP contribution in [0.1, 0.15) is 12.5 Å². The largest absolute Gasteiger partial charge is 0.326 e. The maximum atomic E-state index is 12.9. The van der Waals surface area contributed by atoms with Crippen LogP contribution >= 0.6 is 11.8 Å². The highest BCUT2D eigenvalue weighted by Crippen LogP contribution is 2.24. The lowest BCUT2D eigenvalue weighted by molar-refractivity contribution is -0.114. The highest BCUT2D eigenvalue weighted by atomic mass is 32.2. The summed E-state index contributed by atoms with van der Waals surface area (Å²) in [6.45, 7) is 1.46. The zero-order valence-electron chi connectivity index (χ0n) is 12.9. The summed E-state index contributed by atoms with van der Waals surface area (Å²) in [6, 6.07) is 13.7. The van der Waals surface area contributed by atoms with Gasteiger partial charge in [-0.3, -0.25) is 9.89 Å². The Bertz CT molecular complexity index is 848. The molecule has 0 saturated carbocycles. The molecule has 5 nitrogen and oxygen atoms in total. The third-order valence-corrected chi connectivity index (χ3v) is 4.12. The second-order valence-electron chi connectivity index (χ2n) is 5.14. The van der Waals surface area contributed by atoms with E-state index in [1.807, 2.05) is 24.3 Å². The molecule has 0 fully saturated rings. The van der Waals surface area contributed by atoms with Crippen molar-refractivity contribution in [2.45, 2.75) is 17.8 Å². The van der Waals surface area contributed by atoms with Gasteiger partial charge >= 0.3 is 0 Å². The number of H-pyrrole nitrogens is 1. The molecular formula is C17H15FN4OS. The second-order valence-corrected chi connectivity index (χ2v) is 6.09. The Balaban J connectivity index is 1.69. The van der Waals surface area contributed by atoms with E-state index in [0.717, 1.165) is 11.1 Å². The molecule has 0 unspecified atom stereocenters. The maximum absolute atomic E-state index is 12.9. The molecule has 3 rings (SSSR count).